The van der Waals surface area contributed by atoms with Gasteiger partial charge in [-0.05, 0) is 31.7 Å². The first-order valence-electron chi connectivity index (χ1n) is 6.40. The lowest BCUT2D eigenvalue weighted by atomic mass is 10.0. The highest BCUT2D eigenvalue weighted by Gasteiger charge is 2.06. The second-order valence-electron chi connectivity index (χ2n) is 5.02. The van der Waals surface area contributed by atoms with Crippen molar-refractivity contribution in [2.24, 2.45) is 5.92 Å². The highest BCUT2D eigenvalue weighted by atomic mass is 14.9. The molecule has 0 fully saturated rings. The Balaban J connectivity index is 2.34. The van der Waals surface area contributed by atoms with E-state index in [4.69, 9.17) is 0 Å². The SMILES string of the molecule is CCC(C)CC(C)NCc1cccc(C)c1. The van der Waals surface area contributed by atoms with E-state index in [-0.39, 0.29) is 0 Å². The molecule has 2 atom stereocenters. The number of benzene rings is 1. The summed E-state index contributed by atoms with van der Waals surface area (Å²) in [7, 11) is 0. The zero-order valence-corrected chi connectivity index (χ0v) is 11.1. The maximum atomic E-state index is 3.59. The second-order valence-corrected chi connectivity index (χ2v) is 5.02. The predicted octanol–water partition coefficient (Wildman–Crippen LogP) is 3.91. The van der Waals surface area contributed by atoms with Crippen molar-refractivity contribution < 1.29 is 0 Å². The van der Waals surface area contributed by atoms with Gasteiger partial charge in [0.05, 0.1) is 0 Å². The highest BCUT2D eigenvalue weighted by molar-refractivity contribution is 5.21. The van der Waals surface area contributed by atoms with Crippen molar-refractivity contribution in [1.82, 2.24) is 5.32 Å². The van der Waals surface area contributed by atoms with Crippen LogP contribution in [0.2, 0.25) is 0 Å². The molecular formula is C15H25N. The van der Waals surface area contributed by atoms with Crippen molar-refractivity contribution in [2.45, 2.75) is 53.1 Å². The number of aryl methyl sites for hydroxylation is 1. The number of nitrogens with one attached hydrogen (secondary N) is 1. The van der Waals surface area contributed by atoms with Gasteiger partial charge in [-0.2, -0.15) is 0 Å². The largest absolute Gasteiger partial charge is 0.310 e. The van der Waals surface area contributed by atoms with Gasteiger partial charge in [0.15, 0.2) is 0 Å². The van der Waals surface area contributed by atoms with Crippen LogP contribution < -0.4 is 5.32 Å². The quantitative estimate of drug-likeness (QED) is 0.765. The fourth-order valence-corrected chi connectivity index (χ4v) is 1.97. The van der Waals surface area contributed by atoms with Gasteiger partial charge in [-0.1, -0.05) is 50.1 Å². The maximum absolute atomic E-state index is 3.59. The zero-order chi connectivity index (χ0) is 12.0. The van der Waals surface area contributed by atoms with Crippen molar-refractivity contribution in [3.63, 3.8) is 0 Å². The minimum atomic E-state index is 0.607. The molecule has 0 aliphatic heterocycles. The lowest BCUT2D eigenvalue weighted by Gasteiger charge is -2.17. The van der Waals surface area contributed by atoms with Gasteiger partial charge in [0.25, 0.3) is 0 Å². The van der Waals surface area contributed by atoms with Gasteiger partial charge >= 0.3 is 0 Å². The molecule has 0 aromatic heterocycles. The summed E-state index contributed by atoms with van der Waals surface area (Å²) in [4.78, 5) is 0. The van der Waals surface area contributed by atoms with Crippen molar-refractivity contribution in [1.29, 1.82) is 0 Å². The molecule has 1 heteroatoms. The van der Waals surface area contributed by atoms with Crippen LogP contribution in [0.1, 0.15) is 44.7 Å². The van der Waals surface area contributed by atoms with Gasteiger partial charge in [0, 0.05) is 12.6 Å². The lowest BCUT2D eigenvalue weighted by molar-refractivity contribution is 0.412. The Bertz CT molecular complexity index is 306. The Morgan fingerprint density at radius 1 is 1.25 bits per heavy atom. The van der Waals surface area contributed by atoms with Gasteiger partial charge in [-0.3, -0.25) is 0 Å². The summed E-state index contributed by atoms with van der Waals surface area (Å²) in [5, 5.41) is 3.59. The van der Waals surface area contributed by atoms with Crippen molar-refractivity contribution >= 4 is 0 Å². The van der Waals surface area contributed by atoms with Gasteiger partial charge in [0.1, 0.15) is 0 Å². The molecule has 16 heavy (non-hydrogen) atoms. The predicted molar refractivity (Wildman–Crippen MR) is 71.6 cm³/mol. The van der Waals surface area contributed by atoms with Crippen LogP contribution in [-0.2, 0) is 6.54 Å². The van der Waals surface area contributed by atoms with Crippen LogP contribution in [0.25, 0.3) is 0 Å². The molecule has 0 spiro atoms. The van der Waals surface area contributed by atoms with E-state index in [0.717, 1.165) is 12.5 Å². The Labute approximate surface area is 100 Å². The average molecular weight is 219 g/mol. The molecule has 90 valence electrons. The summed E-state index contributed by atoms with van der Waals surface area (Å²) in [6.07, 6.45) is 2.54. The summed E-state index contributed by atoms with van der Waals surface area (Å²) in [6, 6.07) is 9.33. The van der Waals surface area contributed by atoms with Gasteiger partial charge in [-0.15, -0.1) is 0 Å². The van der Waals surface area contributed by atoms with Crippen molar-refractivity contribution in [2.75, 3.05) is 0 Å². The number of hydrogen-bond donors (Lipinski definition) is 1. The Morgan fingerprint density at radius 3 is 2.62 bits per heavy atom. The van der Waals surface area contributed by atoms with Gasteiger partial charge in [-0.25, -0.2) is 0 Å². The summed E-state index contributed by atoms with van der Waals surface area (Å²) in [5.74, 6) is 0.819. The third-order valence-electron chi connectivity index (χ3n) is 3.19. The minimum absolute atomic E-state index is 0.607. The molecule has 0 amide bonds. The van der Waals surface area contributed by atoms with Crippen LogP contribution in [0, 0.1) is 12.8 Å². The molecule has 0 saturated heterocycles. The van der Waals surface area contributed by atoms with Crippen molar-refractivity contribution in [3.8, 4) is 0 Å². The van der Waals surface area contributed by atoms with E-state index in [1.807, 2.05) is 0 Å². The molecule has 1 aromatic rings. The third-order valence-corrected chi connectivity index (χ3v) is 3.19. The summed E-state index contributed by atoms with van der Waals surface area (Å²) in [5.41, 5.74) is 2.73. The monoisotopic (exact) mass is 219 g/mol. The maximum Gasteiger partial charge on any atom is 0.0208 e. The van der Waals surface area contributed by atoms with E-state index in [2.05, 4.69) is 57.3 Å². The molecule has 0 heterocycles. The standard InChI is InChI=1S/C15H25N/c1-5-12(2)9-14(4)16-11-15-8-6-7-13(3)10-15/h6-8,10,12,14,16H,5,9,11H2,1-4H3. The molecule has 0 aliphatic carbocycles. The van der Waals surface area contributed by atoms with Crippen LogP contribution in [0.5, 0.6) is 0 Å². The molecule has 1 nitrogen and oxygen atoms in total. The van der Waals surface area contributed by atoms with Gasteiger partial charge < -0.3 is 5.32 Å². The summed E-state index contributed by atoms with van der Waals surface area (Å²) < 4.78 is 0. The molecule has 0 bridgehead atoms. The minimum Gasteiger partial charge on any atom is -0.310 e. The highest BCUT2D eigenvalue weighted by Crippen LogP contribution is 2.10. The normalized spacial score (nSPS) is 14.8. The van der Waals surface area contributed by atoms with Crippen LogP contribution in [0.15, 0.2) is 24.3 Å². The first-order valence-corrected chi connectivity index (χ1v) is 6.40. The van der Waals surface area contributed by atoms with Gasteiger partial charge in [0.2, 0.25) is 0 Å². The lowest BCUT2D eigenvalue weighted by Crippen LogP contribution is -2.27. The van der Waals surface area contributed by atoms with E-state index in [1.54, 1.807) is 0 Å². The number of rotatable bonds is 6. The van der Waals surface area contributed by atoms with E-state index in [9.17, 15) is 0 Å². The molecule has 0 aliphatic rings. The smallest absolute Gasteiger partial charge is 0.0208 e. The van der Waals surface area contributed by atoms with Crippen LogP contribution in [0.4, 0.5) is 0 Å². The fraction of sp³-hybridized carbons (Fsp3) is 0.600. The molecule has 1 aromatic carbocycles. The summed E-state index contributed by atoms with van der Waals surface area (Å²) >= 11 is 0. The van der Waals surface area contributed by atoms with E-state index < -0.39 is 0 Å². The Hall–Kier alpha value is -0.820. The number of hydrogen-bond acceptors (Lipinski definition) is 1. The first-order chi connectivity index (χ1) is 7.61. The van der Waals surface area contributed by atoms with E-state index in [1.165, 1.54) is 24.0 Å². The molecule has 0 radical (unpaired) electrons. The van der Waals surface area contributed by atoms with E-state index >= 15 is 0 Å². The van der Waals surface area contributed by atoms with Crippen LogP contribution in [-0.4, -0.2) is 6.04 Å². The summed E-state index contributed by atoms with van der Waals surface area (Å²) in [6.45, 7) is 10.00. The third kappa shape index (κ3) is 4.80. The topological polar surface area (TPSA) is 12.0 Å². The molecule has 1 rings (SSSR count). The van der Waals surface area contributed by atoms with Crippen LogP contribution >= 0.6 is 0 Å². The molecule has 1 N–H and O–H groups in total. The average Bonchev–Trinajstić information content (AvgIpc) is 2.26. The Morgan fingerprint density at radius 2 is 2.00 bits per heavy atom. The Kier molecular flexibility index (Phi) is 5.54. The molecule has 2 unspecified atom stereocenters. The fourth-order valence-electron chi connectivity index (χ4n) is 1.97. The van der Waals surface area contributed by atoms with Crippen LogP contribution in [0.3, 0.4) is 0 Å². The molecule has 0 saturated carbocycles. The second kappa shape index (κ2) is 6.70. The zero-order valence-electron chi connectivity index (χ0n) is 11.1. The molecular weight excluding hydrogens is 194 g/mol. The van der Waals surface area contributed by atoms with Crippen molar-refractivity contribution in [3.05, 3.63) is 35.4 Å². The first kappa shape index (κ1) is 13.2. The van der Waals surface area contributed by atoms with E-state index in [0.29, 0.717) is 6.04 Å².